The highest BCUT2D eigenvalue weighted by molar-refractivity contribution is 5.96. The summed E-state index contributed by atoms with van der Waals surface area (Å²) in [5, 5.41) is 3.40. The van der Waals surface area contributed by atoms with Gasteiger partial charge in [-0.05, 0) is 23.4 Å². The molecule has 0 saturated carbocycles. The van der Waals surface area contributed by atoms with Gasteiger partial charge in [0.2, 0.25) is 0 Å². The lowest BCUT2D eigenvalue weighted by Gasteiger charge is -2.06. The van der Waals surface area contributed by atoms with Crippen LogP contribution in [0.5, 0.6) is 0 Å². The first-order valence-corrected chi connectivity index (χ1v) is 5.79. The highest BCUT2D eigenvalue weighted by Crippen LogP contribution is 2.15. The van der Waals surface area contributed by atoms with E-state index in [-0.39, 0.29) is 5.78 Å². The van der Waals surface area contributed by atoms with Crippen molar-refractivity contribution in [1.29, 1.82) is 0 Å². The first kappa shape index (κ1) is 13.3. The van der Waals surface area contributed by atoms with Crippen LogP contribution in [0.25, 0.3) is 10.4 Å². The van der Waals surface area contributed by atoms with E-state index < -0.39 is 0 Å². The Labute approximate surface area is 101 Å². The topological polar surface area (TPSA) is 65.8 Å². The second-order valence-electron chi connectivity index (χ2n) is 4.26. The van der Waals surface area contributed by atoms with Gasteiger partial charge in [0.25, 0.3) is 0 Å². The number of ketones is 1. The molecule has 4 nitrogen and oxygen atoms in total. The summed E-state index contributed by atoms with van der Waals surface area (Å²) in [5.41, 5.74) is 10.1. The van der Waals surface area contributed by atoms with Gasteiger partial charge in [0.1, 0.15) is 0 Å². The summed E-state index contributed by atoms with van der Waals surface area (Å²) in [6, 6.07) is 7.72. The summed E-state index contributed by atoms with van der Waals surface area (Å²) in [6.07, 6.45) is 1.04. The van der Waals surface area contributed by atoms with Crippen molar-refractivity contribution in [3.8, 4) is 0 Å². The number of azide groups is 1. The number of Topliss-reactive ketones (excluding diaryl/α,β-unsaturated/α-hetero) is 1. The number of carbonyl (C=O) groups excluding carboxylic acids is 1. The SMILES string of the molecule is CC(C)c1ccc(C(=O)CCCN=[N+]=[N-])cc1. The molecule has 1 rings (SSSR count). The van der Waals surface area contributed by atoms with Crippen molar-refractivity contribution in [3.63, 3.8) is 0 Å². The second kappa shape index (κ2) is 6.71. The van der Waals surface area contributed by atoms with E-state index in [9.17, 15) is 4.79 Å². The number of carbonyl (C=O) groups is 1. The Morgan fingerprint density at radius 1 is 1.35 bits per heavy atom. The first-order valence-electron chi connectivity index (χ1n) is 5.79. The van der Waals surface area contributed by atoms with Gasteiger partial charge in [-0.2, -0.15) is 0 Å². The molecule has 0 unspecified atom stereocenters. The quantitative estimate of drug-likeness (QED) is 0.239. The van der Waals surface area contributed by atoms with Crippen LogP contribution < -0.4 is 0 Å². The van der Waals surface area contributed by atoms with E-state index in [0.717, 1.165) is 5.56 Å². The Bertz CT molecular complexity index is 417. The monoisotopic (exact) mass is 231 g/mol. The standard InChI is InChI=1S/C13H17N3O/c1-10(2)11-5-7-12(8-6-11)13(17)4-3-9-15-16-14/h5-8,10H,3-4,9H2,1-2H3. The molecule has 1 aromatic carbocycles. The van der Waals surface area contributed by atoms with Crippen molar-refractivity contribution in [1.82, 2.24) is 0 Å². The lowest BCUT2D eigenvalue weighted by molar-refractivity contribution is 0.0981. The van der Waals surface area contributed by atoms with Gasteiger partial charge in [0.15, 0.2) is 5.78 Å². The minimum Gasteiger partial charge on any atom is -0.294 e. The first-order chi connectivity index (χ1) is 8.15. The maximum Gasteiger partial charge on any atom is 0.162 e. The largest absolute Gasteiger partial charge is 0.294 e. The molecular weight excluding hydrogens is 214 g/mol. The number of hydrogen-bond acceptors (Lipinski definition) is 2. The van der Waals surface area contributed by atoms with E-state index in [2.05, 4.69) is 23.9 Å². The molecular formula is C13H17N3O. The fraction of sp³-hybridized carbons (Fsp3) is 0.462. The van der Waals surface area contributed by atoms with E-state index in [1.165, 1.54) is 5.56 Å². The highest BCUT2D eigenvalue weighted by Gasteiger charge is 2.06. The predicted molar refractivity (Wildman–Crippen MR) is 68.1 cm³/mol. The molecule has 0 bridgehead atoms. The highest BCUT2D eigenvalue weighted by atomic mass is 16.1. The molecule has 90 valence electrons. The van der Waals surface area contributed by atoms with Gasteiger partial charge in [-0.15, -0.1) is 0 Å². The molecule has 0 aliphatic rings. The molecule has 0 N–H and O–H groups in total. The third kappa shape index (κ3) is 4.29. The summed E-state index contributed by atoms with van der Waals surface area (Å²) < 4.78 is 0. The van der Waals surface area contributed by atoms with Crippen molar-refractivity contribution >= 4 is 5.78 Å². The van der Waals surface area contributed by atoms with Gasteiger partial charge in [0.05, 0.1) is 0 Å². The Balaban J connectivity index is 2.54. The van der Waals surface area contributed by atoms with E-state index >= 15 is 0 Å². The number of hydrogen-bond donors (Lipinski definition) is 0. The van der Waals surface area contributed by atoms with Gasteiger partial charge >= 0.3 is 0 Å². The van der Waals surface area contributed by atoms with Gasteiger partial charge < -0.3 is 0 Å². The smallest absolute Gasteiger partial charge is 0.162 e. The van der Waals surface area contributed by atoms with Crippen LogP contribution in [0.4, 0.5) is 0 Å². The minimum atomic E-state index is 0.105. The maximum atomic E-state index is 11.8. The Kier molecular flexibility index (Phi) is 5.24. The van der Waals surface area contributed by atoms with Crippen molar-refractivity contribution in [2.24, 2.45) is 5.11 Å². The van der Waals surface area contributed by atoms with Crippen LogP contribution in [0, 0.1) is 0 Å². The molecule has 17 heavy (non-hydrogen) atoms. The van der Waals surface area contributed by atoms with Crippen LogP contribution >= 0.6 is 0 Å². The maximum absolute atomic E-state index is 11.8. The zero-order valence-electron chi connectivity index (χ0n) is 10.3. The average molecular weight is 231 g/mol. The van der Waals surface area contributed by atoms with E-state index in [1.54, 1.807) is 0 Å². The van der Waals surface area contributed by atoms with E-state index in [4.69, 9.17) is 5.53 Å². The van der Waals surface area contributed by atoms with E-state index in [1.807, 2.05) is 24.3 Å². The molecule has 0 radical (unpaired) electrons. The molecule has 0 spiro atoms. The summed E-state index contributed by atoms with van der Waals surface area (Å²) in [7, 11) is 0. The van der Waals surface area contributed by atoms with Crippen LogP contribution in [-0.4, -0.2) is 12.3 Å². The molecule has 0 aromatic heterocycles. The van der Waals surface area contributed by atoms with Crippen LogP contribution in [-0.2, 0) is 0 Å². The summed E-state index contributed by atoms with van der Waals surface area (Å²) in [5.74, 6) is 0.581. The Morgan fingerprint density at radius 3 is 2.53 bits per heavy atom. The summed E-state index contributed by atoms with van der Waals surface area (Å²) >= 11 is 0. The van der Waals surface area contributed by atoms with Crippen molar-refractivity contribution in [2.75, 3.05) is 6.54 Å². The van der Waals surface area contributed by atoms with Gasteiger partial charge in [-0.1, -0.05) is 43.2 Å². The van der Waals surface area contributed by atoms with Crippen LogP contribution in [0.2, 0.25) is 0 Å². The summed E-state index contributed by atoms with van der Waals surface area (Å²) in [6.45, 7) is 4.62. The average Bonchev–Trinajstić information content (AvgIpc) is 2.34. The van der Waals surface area contributed by atoms with Gasteiger partial charge in [-0.3, -0.25) is 4.79 Å². The van der Waals surface area contributed by atoms with Crippen LogP contribution in [0.1, 0.15) is 48.5 Å². The molecule has 0 amide bonds. The Hall–Kier alpha value is -1.80. The molecule has 4 heteroatoms. The van der Waals surface area contributed by atoms with Gasteiger partial charge in [-0.25, -0.2) is 0 Å². The van der Waals surface area contributed by atoms with Gasteiger partial charge in [0, 0.05) is 23.4 Å². The Morgan fingerprint density at radius 2 is 2.00 bits per heavy atom. The molecule has 0 aliphatic heterocycles. The molecule has 0 fully saturated rings. The minimum absolute atomic E-state index is 0.105. The number of benzene rings is 1. The molecule has 0 saturated heterocycles. The number of nitrogens with zero attached hydrogens (tertiary/aromatic N) is 3. The van der Waals surface area contributed by atoms with E-state index in [0.29, 0.717) is 25.3 Å². The third-order valence-corrected chi connectivity index (χ3v) is 2.62. The van der Waals surface area contributed by atoms with Crippen molar-refractivity contribution in [2.45, 2.75) is 32.6 Å². The zero-order valence-corrected chi connectivity index (χ0v) is 10.3. The second-order valence-corrected chi connectivity index (χ2v) is 4.26. The van der Waals surface area contributed by atoms with Crippen molar-refractivity contribution < 1.29 is 4.79 Å². The fourth-order valence-corrected chi connectivity index (χ4v) is 1.55. The lowest BCUT2D eigenvalue weighted by Crippen LogP contribution is -2.00. The lowest BCUT2D eigenvalue weighted by atomic mass is 9.99. The zero-order chi connectivity index (χ0) is 12.7. The predicted octanol–water partition coefficient (Wildman–Crippen LogP) is 4.08. The molecule has 0 heterocycles. The summed E-state index contributed by atoms with van der Waals surface area (Å²) in [4.78, 5) is 14.4. The fourth-order valence-electron chi connectivity index (χ4n) is 1.55. The van der Waals surface area contributed by atoms with Crippen molar-refractivity contribution in [3.05, 3.63) is 45.8 Å². The van der Waals surface area contributed by atoms with Crippen LogP contribution in [0.3, 0.4) is 0 Å². The molecule has 0 atom stereocenters. The van der Waals surface area contributed by atoms with Crippen LogP contribution in [0.15, 0.2) is 29.4 Å². The molecule has 1 aromatic rings. The molecule has 0 aliphatic carbocycles. The third-order valence-electron chi connectivity index (χ3n) is 2.62. The normalized spacial score (nSPS) is 10.1. The number of rotatable bonds is 6.